The molecule has 3 N–H and O–H groups in total. The number of hydrogen-bond donors (Lipinski definition) is 2. The van der Waals surface area contributed by atoms with Crippen LogP contribution in [0.25, 0.3) is 0 Å². The number of aliphatic carboxylic acids is 1. The van der Waals surface area contributed by atoms with Crippen LogP contribution in [0.15, 0.2) is 12.7 Å². The molecule has 0 aliphatic heterocycles. The molecule has 0 bridgehead atoms. The molecule has 1 fully saturated rings. The number of hydrogen-bond acceptors (Lipinski definition) is 4. The summed E-state index contributed by atoms with van der Waals surface area (Å²) in [5, 5.41) is 12.9. The standard InChI is InChI=1S/C8H12N4O2/c9-8(7(13)14)2-1-6(3-8)12-5-10-4-11-12/h4-6H,1-3,9H2,(H,13,14). The summed E-state index contributed by atoms with van der Waals surface area (Å²) < 4.78 is 1.68. The Morgan fingerprint density at radius 1 is 1.71 bits per heavy atom. The van der Waals surface area contributed by atoms with Gasteiger partial charge in [0.25, 0.3) is 0 Å². The Balaban J connectivity index is 2.12. The van der Waals surface area contributed by atoms with E-state index in [1.165, 1.54) is 6.33 Å². The maximum Gasteiger partial charge on any atom is 0.323 e. The van der Waals surface area contributed by atoms with Crippen LogP contribution in [0.4, 0.5) is 0 Å². The van der Waals surface area contributed by atoms with Gasteiger partial charge in [0.05, 0.1) is 6.04 Å². The third kappa shape index (κ3) is 1.37. The van der Waals surface area contributed by atoms with Gasteiger partial charge in [-0.15, -0.1) is 0 Å². The van der Waals surface area contributed by atoms with Crippen molar-refractivity contribution >= 4 is 5.97 Å². The van der Waals surface area contributed by atoms with Crippen LogP contribution >= 0.6 is 0 Å². The highest BCUT2D eigenvalue weighted by Gasteiger charge is 2.43. The van der Waals surface area contributed by atoms with E-state index in [2.05, 4.69) is 10.1 Å². The SMILES string of the molecule is NC1(C(=O)O)CCC(n2cncn2)C1. The van der Waals surface area contributed by atoms with E-state index in [9.17, 15) is 4.79 Å². The van der Waals surface area contributed by atoms with Gasteiger partial charge < -0.3 is 10.8 Å². The lowest BCUT2D eigenvalue weighted by Gasteiger charge is -2.17. The zero-order chi connectivity index (χ0) is 10.2. The van der Waals surface area contributed by atoms with Crippen molar-refractivity contribution in [1.29, 1.82) is 0 Å². The van der Waals surface area contributed by atoms with Crippen LogP contribution in [0, 0.1) is 0 Å². The van der Waals surface area contributed by atoms with E-state index < -0.39 is 11.5 Å². The second-order valence-electron chi connectivity index (χ2n) is 3.73. The lowest BCUT2D eigenvalue weighted by Crippen LogP contribution is -2.45. The van der Waals surface area contributed by atoms with Gasteiger partial charge in [-0.3, -0.25) is 4.79 Å². The minimum atomic E-state index is -1.09. The Kier molecular flexibility index (Phi) is 1.99. The maximum absolute atomic E-state index is 10.9. The van der Waals surface area contributed by atoms with Crippen LogP contribution in [0.1, 0.15) is 25.3 Å². The largest absolute Gasteiger partial charge is 0.480 e. The molecule has 1 aliphatic carbocycles. The predicted molar refractivity (Wildman–Crippen MR) is 47.5 cm³/mol. The van der Waals surface area contributed by atoms with Crippen LogP contribution in [0.3, 0.4) is 0 Å². The molecular weight excluding hydrogens is 184 g/mol. The highest BCUT2D eigenvalue weighted by molar-refractivity contribution is 5.78. The highest BCUT2D eigenvalue weighted by atomic mass is 16.4. The molecule has 1 aromatic rings. The molecule has 0 saturated heterocycles. The van der Waals surface area contributed by atoms with Gasteiger partial charge in [0.1, 0.15) is 18.2 Å². The smallest absolute Gasteiger partial charge is 0.323 e. The normalized spacial score (nSPS) is 31.9. The summed E-state index contributed by atoms with van der Waals surface area (Å²) >= 11 is 0. The zero-order valence-corrected chi connectivity index (χ0v) is 7.63. The van der Waals surface area contributed by atoms with Crippen molar-refractivity contribution in [3.05, 3.63) is 12.7 Å². The Morgan fingerprint density at radius 3 is 3.00 bits per heavy atom. The van der Waals surface area contributed by atoms with Gasteiger partial charge in [-0.1, -0.05) is 0 Å². The number of nitrogens with two attached hydrogens (primary N) is 1. The first-order valence-corrected chi connectivity index (χ1v) is 4.48. The molecule has 0 aromatic carbocycles. The van der Waals surface area contributed by atoms with Crippen LogP contribution in [-0.4, -0.2) is 31.4 Å². The third-order valence-corrected chi connectivity index (χ3v) is 2.76. The topological polar surface area (TPSA) is 94.0 Å². The van der Waals surface area contributed by atoms with Crippen LogP contribution in [0.2, 0.25) is 0 Å². The summed E-state index contributed by atoms with van der Waals surface area (Å²) in [5.74, 6) is -0.930. The molecule has 2 unspecified atom stereocenters. The molecule has 1 aromatic heterocycles. The molecule has 14 heavy (non-hydrogen) atoms. The van der Waals surface area contributed by atoms with E-state index in [1.807, 2.05) is 0 Å². The van der Waals surface area contributed by atoms with Gasteiger partial charge in [-0.2, -0.15) is 5.10 Å². The Bertz CT molecular complexity index is 337. The van der Waals surface area contributed by atoms with Crippen LogP contribution in [-0.2, 0) is 4.79 Å². The molecule has 1 aliphatic rings. The number of carboxylic acids is 1. The first kappa shape index (κ1) is 9.14. The highest BCUT2D eigenvalue weighted by Crippen LogP contribution is 2.35. The van der Waals surface area contributed by atoms with Gasteiger partial charge in [-0.25, -0.2) is 9.67 Å². The van der Waals surface area contributed by atoms with Crippen molar-refractivity contribution in [1.82, 2.24) is 14.8 Å². The van der Waals surface area contributed by atoms with Gasteiger partial charge in [0.2, 0.25) is 0 Å². The summed E-state index contributed by atoms with van der Waals surface area (Å²) in [6.45, 7) is 0. The number of carboxylic acid groups (broad SMARTS) is 1. The zero-order valence-electron chi connectivity index (χ0n) is 7.63. The Labute approximate surface area is 80.7 Å². The maximum atomic E-state index is 10.9. The average Bonchev–Trinajstić information content (AvgIpc) is 2.72. The third-order valence-electron chi connectivity index (χ3n) is 2.76. The first-order chi connectivity index (χ1) is 6.62. The Hall–Kier alpha value is -1.43. The molecule has 6 nitrogen and oxygen atoms in total. The summed E-state index contributed by atoms with van der Waals surface area (Å²) in [6, 6.07) is 0.0681. The number of rotatable bonds is 2. The Morgan fingerprint density at radius 2 is 2.50 bits per heavy atom. The molecule has 0 radical (unpaired) electrons. The molecule has 1 saturated carbocycles. The molecular formula is C8H12N4O2. The lowest BCUT2D eigenvalue weighted by atomic mass is 9.99. The van der Waals surface area contributed by atoms with Crippen molar-refractivity contribution in [3.8, 4) is 0 Å². The van der Waals surface area contributed by atoms with Gasteiger partial charge in [0.15, 0.2) is 0 Å². The fourth-order valence-electron chi connectivity index (χ4n) is 1.87. The predicted octanol–water partition coefficient (Wildman–Crippen LogP) is -0.215. The first-order valence-electron chi connectivity index (χ1n) is 4.48. The van der Waals surface area contributed by atoms with Crippen molar-refractivity contribution in [3.63, 3.8) is 0 Å². The average molecular weight is 196 g/mol. The van der Waals surface area contributed by atoms with E-state index in [-0.39, 0.29) is 6.04 Å². The molecule has 1 heterocycles. The second-order valence-corrected chi connectivity index (χ2v) is 3.73. The molecule has 6 heteroatoms. The fraction of sp³-hybridized carbons (Fsp3) is 0.625. The number of carbonyl (C=O) groups is 1. The summed E-state index contributed by atoms with van der Waals surface area (Å²) in [5.41, 5.74) is 4.65. The number of nitrogens with zero attached hydrogens (tertiary/aromatic N) is 3. The summed E-state index contributed by atoms with van der Waals surface area (Å²) in [4.78, 5) is 14.7. The second kappa shape index (κ2) is 3.06. The van der Waals surface area contributed by atoms with Gasteiger partial charge in [0, 0.05) is 0 Å². The van der Waals surface area contributed by atoms with E-state index in [0.29, 0.717) is 12.8 Å². The minimum absolute atomic E-state index is 0.0681. The van der Waals surface area contributed by atoms with E-state index in [1.54, 1.807) is 11.0 Å². The van der Waals surface area contributed by atoms with E-state index in [0.717, 1.165) is 6.42 Å². The van der Waals surface area contributed by atoms with Crippen LogP contribution in [0.5, 0.6) is 0 Å². The van der Waals surface area contributed by atoms with Crippen molar-refractivity contribution in [2.45, 2.75) is 30.8 Å². The fourth-order valence-corrected chi connectivity index (χ4v) is 1.87. The van der Waals surface area contributed by atoms with E-state index in [4.69, 9.17) is 10.8 Å². The summed E-state index contributed by atoms with van der Waals surface area (Å²) in [6.07, 6.45) is 4.69. The number of aromatic nitrogens is 3. The monoisotopic (exact) mass is 196 g/mol. The van der Waals surface area contributed by atoms with Gasteiger partial charge in [-0.05, 0) is 19.3 Å². The minimum Gasteiger partial charge on any atom is -0.480 e. The van der Waals surface area contributed by atoms with Crippen molar-refractivity contribution in [2.75, 3.05) is 0 Å². The molecule has 0 spiro atoms. The van der Waals surface area contributed by atoms with Crippen molar-refractivity contribution in [2.24, 2.45) is 5.73 Å². The van der Waals surface area contributed by atoms with Crippen LogP contribution < -0.4 is 5.73 Å². The molecule has 2 atom stereocenters. The van der Waals surface area contributed by atoms with Crippen molar-refractivity contribution < 1.29 is 9.90 Å². The summed E-state index contributed by atoms with van der Waals surface area (Å²) in [7, 11) is 0. The molecule has 76 valence electrons. The molecule has 2 rings (SSSR count). The van der Waals surface area contributed by atoms with Gasteiger partial charge >= 0.3 is 5.97 Å². The quantitative estimate of drug-likeness (QED) is 0.682. The lowest BCUT2D eigenvalue weighted by molar-refractivity contribution is -0.143. The van der Waals surface area contributed by atoms with E-state index >= 15 is 0 Å². The molecule has 0 amide bonds.